The van der Waals surface area contributed by atoms with Crippen molar-refractivity contribution in [1.82, 2.24) is 14.7 Å². The Bertz CT molecular complexity index is 635. The van der Waals surface area contributed by atoms with E-state index >= 15 is 0 Å². The number of benzene rings is 1. The van der Waals surface area contributed by atoms with Gasteiger partial charge >= 0.3 is 0 Å². The molecule has 3 rings (SSSR count). The second-order valence-corrected chi connectivity index (χ2v) is 5.44. The molecule has 0 bridgehead atoms. The summed E-state index contributed by atoms with van der Waals surface area (Å²) in [5, 5.41) is 4.60. The first-order chi connectivity index (χ1) is 10.2. The molecule has 2 aromatic rings. The van der Waals surface area contributed by atoms with Gasteiger partial charge in [0.25, 0.3) is 5.91 Å². The molecule has 110 valence electrons. The largest absolute Gasteiger partial charge is 0.471 e. The molecule has 0 N–H and O–H groups in total. The number of ether oxygens (including phenoxy) is 1. The highest BCUT2D eigenvalue weighted by Gasteiger charge is 2.19. The van der Waals surface area contributed by atoms with Crippen molar-refractivity contribution in [2.45, 2.75) is 19.6 Å². The van der Waals surface area contributed by atoms with Crippen molar-refractivity contribution in [1.29, 1.82) is 0 Å². The number of carbonyl (C=O) groups is 1. The van der Waals surface area contributed by atoms with E-state index in [4.69, 9.17) is 16.3 Å². The molecule has 1 aromatic heterocycles. The number of nitrogens with zero attached hydrogens (tertiary/aromatic N) is 3. The number of rotatable bonds is 4. The van der Waals surface area contributed by atoms with E-state index in [0.29, 0.717) is 16.3 Å². The molecule has 0 spiro atoms. The lowest BCUT2D eigenvalue weighted by atomic mass is 10.2. The Hall–Kier alpha value is -2.01. The summed E-state index contributed by atoms with van der Waals surface area (Å²) in [7, 11) is 0. The van der Waals surface area contributed by atoms with Crippen LogP contribution in [-0.2, 0) is 6.73 Å². The fraction of sp³-hybridized carbons (Fsp3) is 0.333. The van der Waals surface area contributed by atoms with Crippen LogP contribution in [0.4, 0.5) is 0 Å². The standard InChI is InChI=1S/C15H16ClN3O2/c16-13-9-17-19(10-13)11-21-14-5-3-4-12(8-14)15(20)18-6-1-2-7-18/h3-5,8-10H,1-2,6-7,11H2. The van der Waals surface area contributed by atoms with E-state index in [0.717, 1.165) is 25.9 Å². The maximum atomic E-state index is 12.3. The van der Waals surface area contributed by atoms with E-state index < -0.39 is 0 Å². The van der Waals surface area contributed by atoms with Gasteiger partial charge in [0, 0.05) is 24.8 Å². The lowest BCUT2D eigenvalue weighted by Crippen LogP contribution is -2.27. The first-order valence-electron chi connectivity index (χ1n) is 6.92. The molecular weight excluding hydrogens is 290 g/mol. The molecule has 1 aliphatic heterocycles. The van der Waals surface area contributed by atoms with Crippen LogP contribution in [0.2, 0.25) is 5.02 Å². The first kappa shape index (κ1) is 13.9. The minimum atomic E-state index is 0.0695. The smallest absolute Gasteiger partial charge is 0.253 e. The van der Waals surface area contributed by atoms with Crippen molar-refractivity contribution >= 4 is 17.5 Å². The van der Waals surface area contributed by atoms with E-state index in [1.165, 1.54) is 0 Å². The molecule has 0 saturated carbocycles. The zero-order chi connectivity index (χ0) is 14.7. The second-order valence-electron chi connectivity index (χ2n) is 5.00. The molecule has 1 aromatic carbocycles. The lowest BCUT2D eigenvalue weighted by molar-refractivity contribution is 0.0792. The molecule has 21 heavy (non-hydrogen) atoms. The number of halogens is 1. The highest BCUT2D eigenvalue weighted by Crippen LogP contribution is 2.18. The summed E-state index contributed by atoms with van der Waals surface area (Å²) >= 11 is 5.79. The van der Waals surface area contributed by atoms with E-state index in [1.54, 1.807) is 23.1 Å². The molecule has 6 heteroatoms. The Balaban J connectivity index is 1.66. The summed E-state index contributed by atoms with van der Waals surface area (Å²) in [6.45, 7) is 1.94. The van der Waals surface area contributed by atoms with Crippen molar-refractivity contribution in [3.8, 4) is 5.75 Å². The average Bonchev–Trinajstić information content (AvgIpc) is 3.16. The summed E-state index contributed by atoms with van der Waals surface area (Å²) in [5.41, 5.74) is 0.660. The Morgan fingerprint density at radius 2 is 2.14 bits per heavy atom. The summed E-state index contributed by atoms with van der Waals surface area (Å²) < 4.78 is 7.22. The molecule has 0 unspecified atom stereocenters. The van der Waals surface area contributed by atoms with Crippen molar-refractivity contribution < 1.29 is 9.53 Å². The van der Waals surface area contributed by atoms with Crippen molar-refractivity contribution in [3.05, 3.63) is 47.2 Å². The van der Waals surface area contributed by atoms with Crippen LogP contribution in [0, 0.1) is 0 Å². The minimum Gasteiger partial charge on any atom is -0.471 e. The van der Waals surface area contributed by atoms with E-state index in [1.807, 2.05) is 23.1 Å². The molecule has 1 fully saturated rings. The van der Waals surface area contributed by atoms with Gasteiger partial charge in [0.1, 0.15) is 5.75 Å². The molecule has 0 radical (unpaired) electrons. The molecule has 5 nitrogen and oxygen atoms in total. The number of carbonyl (C=O) groups excluding carboxylic acids is 1. The quantitative estimate of drug-likeness (QED) is 0.872. The summed E-state index contributed by atoms with van der Waals surface area (Å²) in [5.74, 6) is 0.715. The normalized spacial score (nSPS) is 14.4. The summed E-state index contributed by atoms with van der Waals surface area (Å²) in [4.78, 5) is 14.2. The van der Waals surface area contributed by atoms with Crippen LogP contribution in [-0.4, -0.2) is 33.7 Å². The Kier molecular flexibility index (Phi) is 4.10. The lowest BCUT2D eigenvalue weighted by Gasteiger charge is -2.15. The fourth-order valence-corrected chi connectivity index (χ4v) is 2.53. The molecule has 0 atom stereocenters. The zero-order valence-electron chi connectivity index (χ0n) is 11.5. The van der Waals surface area contributed by atoms with E-state index in [2.05, 4.69) is 5.10 Å². The van der Waals surface area contributed by atoms with Crippen LogP contribution < -0.4 is 4.74 Å². The van der Waals surface area contributed by atoms with Crippen LogP contribution in [0.25, 0.3) is 0 Å². The highest BCUT2D eigenvalue weighted by atomic mass is 35.5. The Labute approximate surface area is 128 Å². The number of hydrogen-bond donors (Lipinski definition) is 0. The van der Waals surface area contributed by atoms with Gasteiger partial charge in [0.15, 0.2) is 6.73 Å². The van der Waals surface area contributed by atoms with Crippen LogP contribution in [0.3, 0.4) is 0 Å². The third-order valence-corrected chi connectivity index (χ3v) is 3.63. The van der Waals surface area contributed by atoms with E-state index in [9.17, 15) is 4.79 Å². The van der Waals surface area contributed by atoms with Crippen LogP contribution >= 0.6 is 11.6 Å². The van der Waals surface area contributed by atoms with Crippen LogP contribution in [0.15, 0.2) is 36.7 Å². The average molecular weight is 306 g/mol. The molecule has 0 aliphatic carbocycles. The van der Waals surface area contributed by atoms with Crippen molar-refractivity contribution in [2.75, 3.05) is 13.1 Å². The molecular formula is C15H16ClN3O2. The van der Waals surface area contributed by atoms with Gasteiger partial charge in [-0.3, -0.25) is 4.79 Å². The van der Waals surface area contributed by atoms with Crippen molar-refractivity contribution in [2.24, 2.45) is 0 Å². The number of aromatic nitrogens is 2. The molecule has 1 amide bonds. The van der Waals surface area contributed by atoms with Gasteiger partial charge in [0.05, 0.1) is 11.2 Å². The maximum absolute atomic E-state index is 12.3. The molecule has 1 aliphatic rings. The third-order valence-electron chi connectivity index (χ3n) is 3.44. The predicted molar refractivity (Wildman–Crippen MR) is 79.4 cm³/mol. The monoisotopic (exact) mass is 305 g/mol. The third kappa shape index (κ3) is 3.36. The van der Waals surface area contributed by atoms with Crippen LogP contribution in [0.1, 0.15) is 23.2 Å². The number of hydrogen-bond acceptors (Lipinski definition) is 3. The Morgan fingerprint density at radius 1 is 1.33 bits per heavy atom. The summed E-state index contributed by atoms with van der Waals surface area (Å²) in [6.07, 6.45) is 5.41. The van der Waals surface area contributed by atoms with Gasteiger partial charge in [-0.2, -0.15) is 5.10 Å². The van der Waals surface area contributed by atoms with Crippen LogP contribution in [0.5, 0.6) is 5.75 Å². The number of amides is 1. The zero-order valence-corrected chi connectivity index (χ0v) is 12.3. The van der Waals surface area contributed by atoms with E-state index in [-0.39, 0.29) is 12.6 Å². The van der Waals surface area contributed by atoms with Crippen molar-refractivity contribution in [3.63, 3.8) is 0 Å². The van der Waals surface area contributed by atoms with Gasteiger partial charge in [0.2, 0.25) is 0 Å². The molecule has 2 heterocycles. The fourth-order valence-electron chi connectivity index (χ4n) is 2.37. The maximum Gasteiger partial charge on any atom is 0.253 e. The Morgan fingerprint density at radius 3 is 2.86 bits per heavy atom. The molecule has 1 saturated heterocycles. The summed E-state index contributed by atoms with van der Waals surface area (Å²) in [6, 6.07) is 7.24. The number of likely N-dealkylation sites (tertiary alicyclic amines) is 1. The van der Waals surface area contributed by atoms with Gasteiger partial charge in [-0.1, -0.05) is 17.7 Å². The highest BCUT2D eigenvalue weighted by molar-refractivity contribution is 6.30. The topological polar surface area (TPSA) is 47.4 Å². The van der Waals surface area contributed by atoms with Gasteiger partial charge < -0.3 is 9.64 Å². The minimum absolute atomic E-state index is 0.0695. The van der Waals surface area contributed by atoms with Gasteiger partial charge in [-0.25, -0.2) is 4.68 Å². The SMILES string of the molecule is O=C(c1cccc(OCn2cc(Cl)cn2)c1)N1CCCC1. The predicted octanol–water partition coefficient (Wildman–Crippen LogP) is 2.81. The first-order valence-corrected chi connectivity index (χ1v) is 7.30. The van der Waals surface area contributed by atoms with Gasteiger partial charge in [-0.15, -0.1) is 0 Å². The van der Waals surface area contributed by atoms with Gasteiger partial charge in [-0.05, 0) is 31.0 Å². The second kappa shape index (κ2) is 6.18.